The Hall–Kier alpha value is -1.42. The summed E-state index contributed by atoms with van der Waals surface area (Å²) in [7, 11) is 0. The van der Waals surface area contributed by atoms with E-state index in [2.05, 4.69) is 24.0 Å². The lowest BCUT2D eigenvalue weighted by molar-refractivity contribution is -0.137. The van der Waals surface area contributed by atoms with E-state index in [4.69, 9.17) is 0 Å². The summed E-state index contributed by atoms with van der Waals surface area (Å²) >= 11 is 0. The second-order valence-corrected chi connectivity index (χ2v) is 5.80. The lowest BCUT2D eigenvalue weighted by atomic mass is 10.1. The van der Waals surface area contributed by atoms with Gasteiger partial charge in [-0.05, 0) is 19.3 Å². The quantitative estimate of drug-likeness (QED) is 0.558. The number of nitrogens with zero attached hydrogens (tertiary/aromatic N) is 2. The van der Waals surface area contributed by atoms with E-state index >= 15 is 0 Å². The van der Waals surface area contributed by atoms with E-state index in [9.17, 15) is 9.59 Å². The van der Waals surface area contributed by atoms with Gasteiger partial charge < -0.3 is 0 Å². The summed E-state index contributed by atoms with van der Waals surface area (Å²) in [5.74, 6) is 0.0546. The molecule has 4 nitrogen and oxygen atoms in total. The third kappa shape index (κ3) is 3.13. The standard InChI is InChI=1S/C15H22N2O2/c1-11(2)10-17-14(18)9-13(15(17)19)8-12(3)16-6-4-5-7-16/h4-5,9,11-12H,6-8,10H2,1-3H3. The molecule has 1 unspecified atom stereocenters. The van der Waals surface area contributed by atoms with Crippen LogP contribution in [0.25, 0.3) is 0 Å². The molecule has 2 rings (SSSR count). The summed E-state index contributed by atoms with van der Waals surface area (Å²) < 4.78 is 0. The lowest BCUT2D eigenvalue weighted by Crippen LogP contribution is -2.36. The molecule has 0 saturated carbocycles. The number of carbonyl (C=O) groups excluding carboxylic acids is 2. The minimum absolute atomic E-state index is 0.0993. The predicted molar refractivity (Wildman–Crippen MR) is 74.4 cm³/mol. The number of rotatable bonds is 5. The van der Waals surface area contributed by atoms with E-state index in [1.807, 2.05) is 13.8 Å². The Labute approximate surface area is 114 Å². The van der Waals surface area contributed by atoms with Gasteiger partial charge in [0.05, 0.1) is 0 Å². The molecule has 0 aromatic carbocycles. The summed E-state index contributed by atoms with van der Waals surface area (Å²) in [4.78, 5) is 27.7. The molecule has 4 heteroatoms. The molecular weight excluding hydrogens is 240 g/mol. The first-order chi connectivity index (χ1) is 8.99. The van der Waals surface area contributed by atoms with Crippen molar-refractivity contribution in [3.05, 3.63) is 23.8 Å². The first kappa shape index (κ1) is 14.0. The molecule has 2 heterocycles. The summed E-state index contributed by atoms with van der Waals surface area (Å²) in [5, 5.41) is 0. The molecular formula is C15H22N2O2. The monoisotopic (exact) mass is 262 g/mol. The van der Waals surface area contributed by atoms with Crippen molar-refractivity contribution in [1.29, 1.82) is 0 Å². The highest BCUT2D eigenvalue weighted by molar-refractivity contribution is 6.16. The normalized spacial score (nSPS) is 21.7. The van der Waals surface area contributed by atoms with Crippen LogP contribution in [0.15, 0.2) is 23.8 Å². The Balaban J connectivity index is 1.96. The summed E-state index contributed by atoms with van der Waals surface area (Å²) in [5.41, 5.74) is 0.657. The second kappa shape index (κ2) is 5.70. The highest BCUT2D eigenvalue weighted by Crippen LogP contribution is 2.21. The maximum atomic E-state index is 12.2. The van der Waals surface area contributed by atoms with Crippen LogP contribution >= 0.6 is 0 Å². The average molecular weight is 262 g/mol. The molecule has 0 saturated heterocycles. The van der Waals surface area contributed by atoms with E-state index in [1.165, 1.54) is 11.0 Å². The molecule has 1 atom stereocenters. The van der Waals surface area contributed by atoms with Crippen molar-refractivity contribution in [2.75, 3.05) is 19.6 Å². The van der Waals surface area contributed by atoms with Crippen molar-refractivity contribution in [1.82, 2.24) is 9.80 Å². The minimum atomic E-state index is -0.152. The smallest absolute Gasteiger partial charge is 0.256 e. The lowest BCUT2D eigenvalue weighted by Gasteiger charge is -2.24. The van der Waals surface area contributed by atoms with Crippen molar-refractivity contribution < 1.29 is 9.59 Å². The Morgan fingerprint density at radius 3 is 2.37 bits per heavy atom. The highest BCUT2D eigenvalue weighted by atomic mass is 16.2. The first-order valence-corrected chi connectivity index (χ1v) is 6.94. The van der Waals surface area contributed by atoms with Gasteiger partial charge in [-0.3, -0.25) is 19.4 Å². The Bertz CT molecular complexity index is 429. The average Bonchev–Trinajstić information content (AvgIpc) is 2.94. The maximum absolute atomic E-state index is 12.2. The Morgan fingerprint density at radius 1 is 1.16 bits per heavy atom. The molecule has 0 bridgehead atoms. The molecule has 104 valence electrons. The van der Waals surface area contributed by atoms with E-state index in [0.29, 0.717) is 24.5 Å². The fourth-order valence-electron chi connectivity index (χ4n) is 2.55. The zero-order valence-corrected chi connectivity index (χ0v) is 11.9. The number of carbonyl (C=O) groups is 2. The molecule has 2 amide bonds. The molecule has 0 radical (unpaired) electrons. The predicted octanol–water partition coefficient (Wildman–Crippen LogP) is 1.59. The molecule has 2 aliphatic heterocycles. The fourth-order valence-corrected chi connectivity index (χ4v) is 2.55. The van der Waals surface area contributed by atoms with Crippen LogP contribution < -0.4 is 0 Å². The van der Waals surface area contributed by atoms with Crippen LogP contribution in [-0.4, -0.2) is 47.3 Å². The zero-order chi connectivity index (χ0) is 14.0. The SMILES string of the molecule is CC(C)CN1C(=O)C=C(CC(C)N2CC=CC2)C1=O. The maximum Gasteiger partial charge on any atom is 0.256 e. The van der Waals surface area contributed by atoms with Gasteiger partial charge >= 0.3 is 0 Å². The third-order valence-corrected chi connectivity index (χ3v) is 3.62. The summed E-state index contributed by atoms with van der Waals surface area (Å²) in [6.07, 6.45) is 6.45. The second-order valence-electron chi connectivity index (χ2n) is 5.80. The molecule has 0 N–H and O–H groups in total. The van der Waals surface area contributed by atoms with Crippen molar-refractivity contribution in [2.45, 2.75) is 33.2 Å². The highest BCUT2D eigenvalue weighted by Gasteiger charge is 2.32. The van der Waals surface area contributed by atoms with Crippen molar-refractivity contribution in [3.8, 4) is 0 Å². The van der Waals surface area contributed by atoms with Crippen LogP contribution in [0.2, 0.25) is 0 Å². The van der Waals surface area contributed by atoms with Gasteiger partial charge in [0.15, 0.2) is 0 Å². The largest absolute Gasteiger partial charge is 0.293 e. The fraction of sp³-hybridized carbons (Fsp3) is 0.600. The van der Waals surface area contributed by atoms with Crippen molar-refractivity contribution in [2.24, 2.45) is 5.92 Å². The van der Waals surface area contributed by atoms with Gasteiger partial charge in [-0.2, -0.15) is 0 Å². The van der Waals surface area contributed by atoms with Gasteiger partial charge in [-0.25, -0.2) is 0 Å². The van der Waals surface area contributed by atoms with Gasteiger partial charge in [0.1, 0.15) is 0 Å². The topological polar surface area (TPSA) is 40.6 Å². The molecule has 0 aromatic heterocycles. The third-order valence-electron chi connectivity index (χ3n) is 3.62. The molecule has 0 aromatic rings. The molecule has 2 aliphatic rings. The molecule has 19 heavy (non-hydrogen) atoms. The number of amides is 2. The Morgan fingerprint density at radius 2 is 1.79 bits per heavy atom. The van der Waals surface area contributed by atoms with Gasteiger partial charge in [0.2, 0.25) is 0 Å². The van der Waals surface area contributed by atoms with E-state index in [0.717, 1.165) is 13.1 Å². The van der Waals surface area contributed by atoms with E-state index < -0.39 is 0 Å². The first-order valence-electron chi connectivity index (χ1n) is 6.94. The molecule has 0 fully saturated rings. The van der Waals surface area contributed by atoms with Crippen LogP contribution in [0.3, 0.4) is 0 Å². The van der Waals surface area contributed by atoms with Crippen molar-refractivity contribution >= 4 is 11.8 Å². The van der Waals surface area contributed by atoms with Gasteiger partial charge in [0.25, 0.3) is 11.8 Å². The van der Waals surface area contributed by atoms with Crippen LogP contribution in [0.1, 0.15) is 27.2 Å². The van der Waals surface area contributed by atoms with Crippen LogP contribution in [0, 0.1) is 5.92 Å². The minimum Gasteiger partial charge on any atom is -0.293 e. The van der Waals surface area contributed by atoms with Crippen LogP contribution in [0.4, 0.5) is 0 Å². The number of hydrogen-bond donors (Lipinski definition) is 0. The van der Waals surface area contributed by atoms with Crippen LogP contribution in [0.5, 0.6) is 0 Å². The molecule has 0 spiro atoms. The molecule has 0 aliphatic carbocycles. The van der Waals surface area contributed by atoms with Crippen LogP contribution in [-0.2, 0) is 9.59 Å². The Kier molecular flexibility index (Phi) is 4.20. The summed E-state index contributed by atoms with van der Waals surface area (Å²) in [6, 6.07) is 0.289. The summed E-state index contributed by atoms with van der Waals surface area (Å²) in [6.45, 7) is 8.51. The zero-order valence-electron chi connectivity index (χ0n) is 11.9. The van der Waals surface area contributed by atoms with Gasteiger partial charge in [-0.15, -0.1) is 0 Å². The van der Waals surface area contributed by atoms with Gasteiger partial charge in [0, 0.05) is 37.3 Å². The van der Waals surface area contributed by atoms with Crippen molar-refractivity contribution in [3.63, 3.8) is 0 Å². The van der Waals surface area contributed by atoms with E-state index in [-0.39, 0.29) is 17.9 Å². The van der Waals surface area contributed by atoms with Gasteiger partial charge in [-0.1, -0.05) is 26.0 Å². The van der Waals surface area contributed by atoms with E-state index in [1.54, 1.807) is 0 Å². The number of hydrogen-bond acceptors (Lipinski definition) is 3. The number of imide groups is 1.